The monoisotopic (exact) mass is 281 g/mol. The highest BCUT2D eigenvalue weighted by Gasteiger charge is 2.32. The van der Waals surface area contributed by atoms with E-state index in [-0.39, 0.29) is 28.4 Å². The van der Waals surface area contributed by atoms with Gasteiger partial charge in [0.05, 0.1) is 5.57 Å². The van der Waals surface area contributed by atoms with E-state index in [1.807, 2.05) is 20.8 Å². The van der Waals surface area contributed by atoms with E-state index in [1.54, 1.807) is 6.92 Å². The standard InChI is InChI=1S/C15H23NO4/c1-5-9(2)13(14(19)20)16-8-10-11(17)6-15(3,4)7-12(10)18/h8-9,13,17H,5-7H2,1-4H3,(H,19,20). The van der Waals surface area contributed by atoms with Gasteiger partial charge in [0.25, 0.3) is 0 Å². The third-order valence-electron chi connectivity index (χ3n) is 3.70. The quantitative estimate of drug-likeness (QED) is 0.758. The second kappa shape index (κ2) is 6.20. The molecular formula is C15H23NO4. The van der Waals surface area contributed by atoms with Crippen molar-refractivity contribution in [3.05, 3.63) is 11.3 Å². The number of aliphatic hydroxyl groups excluding tert-OH is 1. The number of hydrogen-bond acceptors (Lipinski definition) is 4. The Morgan fingerprint density at radius 3 is 2.50 bits per heavy atom. The van der Waals surface area contributed by atoms with Crippen LogP contribution in [0.4, 0.5) is 0 Å². The first kappa shape index (κ1) is 16.4. The van der Waals surface area contributed by atoms with Crippen LogP contribution in [0.1, 0.15) is 47.0 Å². The van der Waals surface area contributed by atoms with Crippen LogP contribution in [0.2, 0.25) is 0 Å². The van der Waals surface area contributed by atoms with Gasteiger partial charge in [0, 0.05) is 19.1 Å². The summed E-state index contributed by atoms with van der Waals surface area (Å²) >= 11 is 0. The molecular weight excluding hydrogens is 258 g/mol. The van der Waals surface area contributed by atoms with Crippen molar-refractivity contribution >= 4 is 18.0 Å². The van der Waals surface area contributed by atoms with Gasteiger partial charge in [0.1, 0.15) is 11.8 Å². The smallest absolute Gasteiger partial charge is 0.328 e. The first-order valence-electron chi connectivity index (χ1n) is 6.89. The zero-order valence-corrected chi connectivity index (χ0v) is 12.5. The minimum Gasteiger partial charge on any atom is -0.511 e. The largest absolute Gasteiger partial charge is 0.511 e. The molecule has 0 aromatic rings. The zero-order chi connectivity index (χ0) is 15.5. The van der Waals surface area contributed by atoms with E-state index >= 15 is 0 Å². The van der Waals surface area contributed by atoms with E-state index in [1.165, 1.54) is 6.21 Å². The SMILES string of the molecule is CCC(C)C(N=CC1=C(O)CC(C)(C)CC1=O)C(=O)O. The molecule has 112 valence electrons. The molecule has 0 spiro atoms. The second-order valence-electron chi connectivity index (χ2n) is 6.25. The summed E-state index contributed by atoms with van der Waals surface area (Å²) in [7, 11) is 0. The molecule has 2 N–H and O–H groups in total. The van der Waals surface area contributed by atoms with Crippen molar-refractivity contribution in [2.75, 3.05) is 0 Å². The van der Waals surface area contributed by atoms with Crippen LogP contribution < -0.4 is 0 Å². The molecule has 1 rings (SSSR count). The molecule has 0 heterocycles. The number of aliphatic imine (C=N–C) groups is 1. The van der Waals surface area contributed by atoms with Gasteiger partial charge in [-0.25, -0.2) is 4.79 Å². The minimum absolute atomic E-state index is 0.00305. The van der Waals surface area contributed by atoms with E-state index in [0.29, 0.717) is 19.3 Å². The van der Waals surface area contributed by atoms with Crippen molar-refractivity contribution in [2.24, 2.45) is 16.3 Å². The van der Waals surface area contributed by atoms with Gasteiger partial charge < -0.3 is 10.2 Å². The summed E-state index contributed by atoms with van der Waals surface area (Å²) in [6.45, 7) is 7.51. The number of allylic oxidation sites excluding steroid dienone is 2. The van der Waals surface area contributed by atoms with Crippen molar-refractivity contribution in [2.45, 2.75) is 53.0 Å². The van der Waals surface area contributed by atoms with Crippen molar-refractivity contribution in [3.63, 3.8) is 0 Å². The van der Waals surface area contributed by atoms with Crippen LogP contribution in [-0.4, -0.2) is 34.2 Å². The van der Waals surface area contributed by atoms with E-state index < -0.39 is 12.0 Å². The molecule has 2 unspecified atom stereocenters. The Kier molecular flexibility index (Phi) is 5.09. The van der Waals surface area contributed by atoms with Gasteiger partial charge in [-0.3, -0.25) is 9.79 Å². The van der Waals surface area contributed by atoms with Gasteiger partial charge in [-0.15, -0.1) is 0 Å². The number of aliphatic hydroxyl groups is 1. The second-order valence-corrected chi connectivity index (χ2v) is 6.25. The molecule has 0 amide bonds. The summed E-state index contributed by atoms with van der Waals surface area (Å²) in [4.78, 5) is 27.2. The lowest BCUT2D eigenvalue weighted by molar-refractivity contribution is -0.139. The van der Waals surface area contributed by atoms with Crippen LogP contribution in [0.25, 0.3) is 0 Å². The van der Waals surface area contributed by atoms with Gasteiger partial charge in [-0.1, -0.05) is 34.1 Å². The minimum atomic E-state index is -1.01. The van der Waals surface area contributed by atoms with Crippen molar-refractivity contribution in [3.8, 4) is 0 Å². The van der Waals surface area contributed by atoms with Gasteiger partial charge >= 0.3 is 5.97 Å². The summed E-state index contributed by atoms with van der Waals surface area (Å²) in [5.41, 5.74) is -0.111. The molecule has 1 aliphatic carbocycles. The highest BCUT2D eigenvalue weighted by molar-refractivity contribution is 6.14. The Labute approximate surface area is 119 Å². The zero-order valence-electron chi connectivity index (χ0n) is 12.5. The number of rotatable bonds is 5. The van der Waals surface area contributed by atoms with Gasteiger partial charge in [-0.2, -0.15) is 0 Å². The Hall–Kier alpha value is -1.65. The Balaban J connectivity index is 2.98. The maximum atomic E-state index is 12.0. The predicted molar refractivity (Wildman–Crippen MR) is 77.0 cm³/mol. The first-order chi connectivity index (χ1) is 9.18. The maximum Gasteiger partial charge on any atom is 0.328 e. The molecule has 0 fully saturated rings. The molecule has 2 atom stereocenters. The normalized spacial score (nSPS) is 22.1. The molecule has 0 bridgehead atoms. The maximum absolute atomic E-state index is 12.0. The molecule has 1 aliphatic rings. The number of nitrogens with zero attached hydrogens (tertiary/aromatic N) is 1. The number of ketones is 1. The Bertz CT molecular complexity index is 462. The number of aliphatic carboxylic acids is 1. The van der Waals surface area contributed by atoms with Crippen LogP contribution in [0, 0.1) is 11.3 Å². The molecule has 0 saturated carbocycles. The lowest BCUT2D eigenvalue weighted by Gasteiger charge is -2.28. The summed E-state index contributed by atoms with van der Waals surface area (Å²) in [5, 5.41) is 19.1. The molecule has 0 aliphatic heterocycles. The fraction of sp³-hybridized carbons (Fsp3) is 0.667. The Morgan fingerprint density at radius 1 is 1.45 bits per heavy atom. The predicted octanol–water partition coefficient (Wildman–Crippen LogP) is 2.76. The highest BCUT2D eigenvalue weighted by Crippen LogP contribution is 2.35. The highest BCUT2D eigenvalue weighted by atomic mass is 16.4. The topological polar surface area (TPSA) is 87.0 Å². The van der Waals surface area contributed by atoms with Crippen LogP contribution in [0.5, 0.6) is 0 Å². The lowest BCUT2D eigenvalue weighted by Crippen LogP contribution is -2.28. The van der Waals surface area contributed by atoms with Crippen molar-refractivity contribution < 1.29 is 19.8 Å². The average Bonchev–Trinajstić information content (AvgIpc) is 2.30. The molecule has 20 heavy (non-hydrogen) atoms. The van der Waals surface area contributed by atoms with Gasteiger partial charge in [0.2, 0.25) is 0 Å². The molecule has 0 radical (unpaired) electrons. The summed E-state index contributed by atoms with van der Waals surface area (Å²) in [6.07, 6.45) is 2.65. The van der Waals surface area contributed by atoms with Crippen LogP contribution in [0.3, 0.4) is 0 Å². The van der Waals surface area contributed by atoms with Gasteiger partial charge in [0.15, 0.2) is 5.78 Å². The summed E-state index contributed by atoms with van der Waals surface area (Å²) < 4.78 is 0. The number of carbonyl (C=O) groups excluding carboxylic acids is 1. The number of carbonyl (C=O) groups is 2. The molecule has 5 nitrogen and oxygen atoms in total. The number of hydrogen-bond donors (Lipinski definition) is 2. The van der Waals surface area contributed by atoms with Crippen molar-refractivity contribution in [1.29, 1.82) is 0 Å². The fourth-order valence-corrected chi connectivity index (χ4v) is 2.28. The van der Waals surface area contributed by atoms with Crippen molar-refractivity contribution in [1.82, 2.24) is 0 Å². The van der Waals surface area contributed by atoms with Gasteiger partial charge in [-0.05, 0) is 11.3 Å². The first-order valence-corrected chi connectivity index (χ1v) is 6.89. The number of carboxylic acid groups (broad SMARTS) is 1. The molecule has 0 aromatic heterocycles. The number of carboxylic acids is 1. The van der Waals surface area contributed by atoms with Crippen LogP contribution >= 0.6 is 0 Å². The third kappa shape index (κ3) is 3.92. The summed E-state index contributed by atoms with van der Waals surface area (Å²) in [5.74, 6) is -1.32. The number of Topliss-reactive ketones (excluding diaryl/α,β-unsaturated/α-hetero) is 1. The fourth-order valence-electron chi connectivity index (χ4n) is 2.28. The third-order valence-corrected chi connectivity index (χ3v) is 3.70. The molecule has 0 aromatic carbocycles. The van der Waals surface area contributed by atoms with E-state index in [9.17, 15) is 14.7 Å². The van der Waals surface area contributed by atoms with Crippen LogP contribution in [0.15, 0.2) is 16.3 Å². The summed E-state index contributed by atoms with van der Waals surface area (Å²) in [6, 6.07) is -0.886. The van der Waals surface area contributed by atoms with E-state index in [4.69, 9.17) is 5.11 Å². The molecule has 0 saturated heterocycles. The Morgan fingerprint density at radius 2 is 2.05 bits per heavy atom. The van der Waals surface area contributed by atoms with E-state index in [0.717, 1.165) is 0 Å². The average molecular weight is 281 g/mol. The lowest BCUT2D eigenvalue weighted by atomic mass is 9.77. The van der Waals surface area contributed by atoms with Crippen LogP contribution in [-0.2, 0) is 9.59 Å². The van der Waals surface area contributed by atoms with E-state index in [2.05, 4.69) is 4.99 Å². The molecule has 5 heteroatoms.